The number of likely N-dealkylation sites (tertiary alicyclic amines) is 2. The van der Waals surface area contributed by atoms with Crippen LogP contribution in [0.1, 0.15) is 46.0 Å². The fourth-order valence-electron chi connectivity index (χ4n) is 4.81. The number of nitrogens with zero attached hydrogens (tertiary/aromatic N) is 2. The summed E-state index contributed by atoms with van der Waals surface area (Å²) in [5, 5.41) is 3.61. The number of rotatable bonds is 3. The summed E-state index contributed by atoms with van der Waals surface area (Å²) in [6, 6.07) is 2.29. The molecule has 3 unspecified atom stereocenters. The van der Waals surface area contributed by atoms with Crippen molar-refractivity contribution in [2.45, 2.75) is 64.1 Å². The van der Waals surface area contributed by atoms with Crippen molar-refractivity contribution < 1.29 is 0 Å². The Hall–Kier alpha value is -0.120. The van der Waals surface area contributed by atoms with Crippen molar-refractivity contribution in [1.29, 1.82) is 0 Å². The molecular weight excluding hydrogens is 234 g/mol. The molecule has 1 N–H and O–H groups in total. The molecule has 3 rings (SSSR count). The van der Waals surface area contributed by atoms with E-state index in [0.29, 0.717) is 11.5 Å². The van der Waals surface area contributed by atoms with Crippen LogP contribution in [-0.2, 0) is 0 Å². The molecule has 0 bridgehead atoms. The minimum Gasteiger partial charge on any atom is -0.315 e. The van der Waals surface area contributed by atoms with Gasteiger partial charge in [0.05, 0.1) is 0 Å². The molecule has 2 saturated heterocycles. The zero-order chi connectivity index (χ0) is 13.5. The van der Waals surface area contributed by atoms with E-state index in [-0.39, 0.29) is 0 Å². The Morgan fingerprint density at radius 1 is 1.00 bits per heavy atom. The van der Waals surface area contributed by atoms with Gasteiger partial charge >= 0.3 is 0 Å². The second-order valence-corrected chi connectivity index (χ2v) is 7.54. The first-order chi connectivity index (χ1) is 9.12. The number of nitrogens with one attached hydrogen (secondary N) is 1. The Kier molecular flexibility index (Phi) is 3.89. The number of hydrogen-bond donors (Lipinski definition) is 1. The summed E-state index contributed by atoms with van der Waals surface area (Å²) in [6.45, 7) is 10.2. The molecular formula is C16H31N3. The molecule has 19 heavy (non-hydrogen) atoms. The van der Waals surface area contributed by atoms with E-state index in [2.05, 4.69) is 36.0 Å². The lowest BCUT2D eigenvalue weighted by atomic mass is 9.86. The molecule has 2 aliphatic heterocycles. The van der Waals surface area contributed by atoms with Gasteiger partial charge in [-0.05, 0) is 57.7 Å². The minimum atomic E-state index is 0.463. The van der Waals surface area contributed by atoms with Crippen molar-refractivity contribution in [2.75, 3.05) is 33.2 Å². The smallest absolute Gasteiger partial charge is 0.0271 e. The number of likely N-dealkylation sites (N-methyl/N-ethyl adjacent to an activating group) is 1. The quantitative estimate of drug-likeness (QED) is 0.841. The van der Waals surface area contributed by atoms with Crippen molar-refractivity contribution in [3.63, 3.8) is 0 Å². The van der Waals surface area contributed by atoms with E-state index in [4.69, 9.17) is 0 Å². The molecule has 0 amide bonds. The van der Waals surface area contributed by atoms with Gasteiger partial charge < -0.3 is 5.32 Å². The molecule has 2 heterocycles. The molecule has 0 aromatic heterocycles. The van der Waals surface area contributed by atoms with E-state index in [1.807, 2.05) is 0 Å². The third-order valence-electron chi connectivity index (χ3n) is 5.94. The highest BCUT2D eigenvalue weighted by molar-refractivity contribution is 5.02. The molecule has 3 atom stereocenters. The normalized spacial score (nSPS) is 40.3. The van der Waals surface area contributed by atoms with Gasteiger partial charge in [-0.15, -0.1) is 0 Å². The molecule has 3 nitrogen and oxygen atoms in total. The van der Waals surface area contributed by atoms with Crippen LogP contribution in [0.25, 0.3) is 0 Å². The molecule has 0 aromatic rings. The van der Waals surface area contributed by atoms with Crippen LogP contribution in [0, 0.1) is 5.41 Å². The van der Waals surface area contributed by atoms with E-state index in [0.717, 1.165) is 12.1 Å². The fraction of sp³-hybridized carbons (Fsp3) is 1.00. The second kappa shape index (κ2) is 5.34. The van der Waals surface area contributed by atoms with Gasteiger partial charge in [0.25, 0.3) is 0 Å². The van der Waals surface area contributed by atoms with E-state index in [1.54, 1.807) is 0 Å². The van der Waals surface area contributed by atoms with Crippen molar-refractivity contribution in [3.8, 4) is 0 Å². The van der Waals surface area contributed by atoms with Crippen molar-refractivity contribution in [1.82, 2.24) is 15.1 Å². The first-order valence-electron chi connectivity index (χ1n) is 8.27. The summed E-state index contributed by atoms with van der Waals surface area (Å²) < 4.78 is 0. The molecule has 1 aliphatic carbocycles. The third kappa shape index (κ3) is 2.57. The average Bonchev–Trinajstić information content (AvgIpc) is 3.05. The van der Waals surface area contributed by atoms with Crippen LogP contribution in [0.15, 0.2) is 0 Å². The van der Waals surface area contributed by atoms with Crippen LogP contribution in [-0.4, -0.2) is 61.2 Å². The summed E-state index contributed by atoms with van der Waals surface area (Å²) in [4.78, 5) is 5.54. The lowest BCUT2D eigenvalue weighted by molar-refractivity contribution is 0.160. The van der Waals surface area contributed by atoms with Gasteiger partial charge in [0.1, 0.15) is 0 Å². The van der Waals surface area contributed by atoms with E-state index < -0.39 is 0 Å². The predicted octanol–water partition coefficient (Wildman–Crippen LogP) is 1.93. The summed E-state index contributed by atoms with van der Waals surface area (Å²) >= 11 is 0. The molecule has 3 fully saturated rings. The lowest BCUT2D eigenvalue weighted by Crippen LogP contribution is -2.50. The molecule has 0 radical (unpaired) electrons. The Labute approximate surface area is 118 Å². The SMILES string of the molecule is CNC1C(N2CCC(N3CCCC3)C2)CCC1(C)C. The highest BCUT2D eigenvalue weighted by Gasteiger charge is 2.45. The maximum absolute atomic E-state index is 3.61. The molecule has 3 heteroatoms. The van der Waals surface area contributed by atoms with Crippen molar-refractivity contribution in [3.05, 3.63) is 0 Å². The second-order valence-electron chi connectivity index (χ2n) is 7.54. The van der Waals surface area contributed by atoms with Crippen molar-refractivity contribution >= 4 is 0 Å². The predicted molar refractivity (Wildman–Crippen MR) is 80.4 cm³/mol. The molecule has 1 saturated carbocycles. The van der Waals surface area contributed by atoms with Gasteiger partial charge in [-0.25, -0.2) is 0 Å². The van der Waals surface area contributed by atoms with E-state index >= 15 is 0 Å². The van der Waals surface area contributed by atoms with Gasteiger partial charge in [-0.1, -0.05) is 13.8 Å². The summed E-state index contributed by atoms with van der Waals surface area (Å²) in [6.07, 6.45) is 6.99. The standard InChI is InChI=1S/C16H31N3/c1-16(2)8-6-14(15(16)17-3)19-11-7-13(12-19)18-9-4-5-10-18/h13-15,17H,4-12H2,1-3H3. The molecule has 0 aromatic carbocycles. The Balaban J connectivity index is 1.61. The van der Waals surface area contributed by atoms with Crippen LogP contribution in [0.2, 0.25) is 0 Å². The van der Waals surface area contributed by atoms with Gasteiger partial charge in [-0.3, -0.25) is 9.80 Å². The van der Waals surface area contributed by atoms with Crippen LogP contribution in [0.5, 0.6) is 0 Å². The van der Waals surface area contributed by atoms with Gasteiger partial charge in [-0.2, -0.15) is 0 Å². The lowest BCUT2D eigenvalue weighted by Gasteiger charge is -2.35. The molecule has 0 spiro atoms. The van der Waals surface area contributed by atoms with Crippen LogP contribution in [0.3, 0.4) is 0 Å². The summed E-state index contributed by atoms with van der Waals surface area (Å²) in [5.41, 5.74) is 0.463. The minimum absolute atomic E-state index is 0.463. The Morgan fingerprint density at radius 2 is 1.74 bits per heavy atom. The summed E-state index contributed by atoms with van der Waals surface area (Å²) in [5.74, 6) is 0. The third-order valence-corrected chi connectivity index (χ3v) is 5.94. The first kappa shape index (κ1) is 13.8. The average molecular weight is 265 g/mol. The highest BCUT2D eigenvalue weighted by Crippen LogP contribution is 2.41. The van der Waals surface area contributed by atoms with Gasteiger partial charge in [0, 0.05) is 31.2 Å². The number of hydrogen-bond acceptors (Lipinski definition) is 3. The summed E-state index contributed by atoms with van der Waals surface area (Å²) in [7, 11) is 2.15. The zero-order valence-corrected chi connectivity index (χ0v) is 13.0. The van der Waals surface area contributed by atoms with Gasteiger partial charge in [0.15, 0.2) is 0 Å². The topological polar surface area (TPSA) is 18.5 Å². The first-order valence-corrected chi connectivity index (χ1v) is 8.27. The van der Waals surface area contributed by atoms with Crippen LogP contribution in [0.4, 0.5) is 0 Å². The monoisotopic (exact) mass is 265 g/mol. The van der Waals surface area contributed by atoms with Crippen LogP contribution < -0.4 is 5.32 Å². The van der Waals surface area contributed by atoms with Crippen molar-refractivity contribution in [2.24, 2.45) is 5.41 Å². The molecule has 110 valence electrons. The maximum atomic E-state index is 3.61. The Morgan fingerprint density at radius 3 is 2.42 bits per heavy atom. The molecule has 3 aliphatic rings. The Bertz CT molecular complexity index is 309. The fourth-order valence-corrected chi connectivity index (χ4v) is 4.81. The van der Waals surface area contributed by atoms with Crippen LogP contribution >= 0.6 is 0 Å². The van der Waals surface area contributed by atoms with E-state index in [9.17, 15) is 0 Å². The zero-order valence-electron chi connectivity index (χ0n) is 13.0. The van der Waals surface area contributed by atoms with Gasteiger partial charge in [0.2, 0.25) is 0 Å². The highest BCUT2D eigenvalue weighted by atomic mass is 15.3. The largest absolute Gasteiger partial charge is 0.315 e. The van der Waals surface area contributed by atoms with E-state index in [1.165, 1.54) is 58.3 Å². The maximum Gasteiger partial charge on any atom is 0.0271 e.